The maximum atomic E-state index is 3.69. The number of hydrogen-bond acceptors (Lipinski definition) is 2. The van der Waals surface area contributed by atoms with E-state index < -0.39 is 0 Å². The van der Waals surface area contributed by atoms with Crippen LogP contribution in [0, 0.1) is 5.92 Å². The van der Waals surface area contributed by atoms with Gasteiger partial charge in [-0.3, -0.25) is 0 Å². The first-order valence-electron chi connectivity index (χ1n) is 8.67. The van der Waals surface area contributed by atoms with Gasteiger partial charge in [-0.2, -0.15) is 0 Å². The van der Waals surface area contributed by atoms with Gasteiger partial charge in [0.1, 0.15) is 0 Å². The van der Waals surface area contributed by atoms with Gasteiger partial charge < -0.3 is 10.2 Å². The zero-order valence-corrected chi connectivity index (χ0v) is 14.1. The smallest absolute Gasteiger partial charge is 0.0107 e. The third-order valence-electron chi connectivity index (χ3n) is 4.61. The minimum atomic E-state index is 0.650. The summed E-state index contributed by atoms with van der Waals surface area (Å²) in [7, 11) is 0. The van der Waals surface area contributed by atoms with Crippen LogP contribution in [0.3, 0.4) is 0 Å². The van der Waals surface area contributed by atoms with Crippen molar-refractivity contribution in [2.45, 2.75) is 52.5 Å². The Morgan fingerprint density at radius 3 is 2.19 bits per heavy atom. The van der Waals surface area contributed by atoms with Crippen LogP contribution in [0.4, 0.5) is 0 Å². The molecule has 0 aromatic heterocycles. The molecule has 1 aliphatic heterocycles. The van der Waals surface area contributed by atoms with E-state index in [0.717, 1.165) is 12.5 Å². The molecule has 0 spiro atoms. The van der Waals surface area contributed by atoms with Gasteiger partial charge in [0, 0.05) is 32.2 Å². The Bertz CT molecular complexity index is 387. The van der Waals surface area contributed by atoms with E-state index in [1.807, 2.05) is 0 Å². The van der Waals surface area contributed by atoms with Gasteiger partial charge in [0.25, 0.3) is 0 Å². The summed E-state index contributed by atoms with van der Waals surface area (Å²) in [4.78, 5) is 2.61. The van der Waals surface area contributed by atoms with Crippen LogP contribution in [0.1, 0.15) is 44.7 Å². The zero-order valence-electron chi connectivity index (χ0n) is 14.1. The highest BCUT2D eigenvalue weighted by Crippen LogP contribution is 2.15. The third kappa shape index (κ3) is 5.80. The summed E-state index contributed by atoms with van der Waals surface area (Å²) >= 11 is 0. The molecule has 0 amide bonds. The van der Waals surface area contributed by atoms with E-state index in [0.29, 0.717) is 6.04 Å². The van der Waals surface area contributed by atoms with E-state index >= 15 is 0 Å². The predicted octanol–water partition coefficient (Wildman–Crippen LogP) is 3.50. The van der Waals surface area contributed by atoms with Crippen LogP contribution in [-0.4, -0.2) is 37.1 Å². The minimum absolute atomic E-state index is 0.650. The first-order chi connectivity index (χ1) is 10.1. The Morgan fingerprint density at radius 2 is 1.62 bits per heavy atom. The summed E-state index contributed by atoms with van der Waals surface area (Å²) in [5.41, 5.74) is 3.11. The molecule has 0 radical (unpaired) electrons. The molecule has 0 bridgehead atoms. The van der Waals surface area contributed by atoms with E-state index in [4.69, 9.17) is 0 Å². The summed E-state index contributed by atoms with van der Waals surface area (Å²) < 4.78 is 0. The van der Waals surface area contributed by atoms with Crippen LogP contribution >= 0.6 is 0 Å². The lowest BCUT2D eigenvalue weighted by Crippen LogP contribution is -2.37. The molecule has 0 saturated carbocycles. The molecule has 1 atom stereocenters. The highest BCUT2D eigenvalue weighted by Gasteiger charge is 2.13. The van der Waals surface area contributed by atoms with Crippen molar-refractivity contribution >= 4 is 0 Å². The third-order valence-corrected chi connectivity index (χ3v) is 4.61. The summed E-state index contributed by atoms with van der Waals surface area (Å²) in [5, 5.41) is 3.69. The zero-order chi connectivity index (χ0) is 15.1. The van der Waals surface area contributed by atoms with Gasteiger partial charge in [-0.05, 0) is 49.7 Å². The minimum Gasteiger partial charge on any atom is -0.313 e. The van der Waals surface area contributed by atoms with Gasteiger partial charge in [0.05, 0.1) is 0 Å². The molecular formula is C19H32N2. The lowest BCUT2D eigenvalue weighted by molar-refractivity contribution is 0.280. The Balaban J connectivity index is 1.66. The number of benzene rings is 1. The fraction of sp³-hybridized carbons (Fsp3) is 0.684. The van der Waals surface area contributed by atoms with Crippen LogP contribution in [0.2, 0.25) is 0 Å². The molecule has 2 rings (SSSR count). The van der Waals surface area contributed by atoms with Crippen LogP contribution in [0.25, 0.3) is 0 Å². The van der Waals surface area contributed by atoms with Crippen LogP contribution in [-0.2, 0) is 12.8 Å². The quantitative estimate of drug-likeness (QED) is 0.826. The van der Waals surface area contributed by atoms with Gasteiger partial charge in [-0.1, -0.05) is 38.1 Å². The lowest BCUT2D eigenvalue weighted by atomic mass is 10.0. The van der Waals surface area contributed by atoms with Crippen molar-refractivity contribution in [3.05, 3.63) is 35.4 Å². The van der Waals surface area contributed by atoms with Crippen LogP contribution in [0.5, 0.6) is 0 Å². The van der Waals surface area contributed by atoms with Crippen molar-refractivity contribution in [2.24, 2.45) is 5.92 Å². The lowest BCUT2D eigenvalue weighted by Gasteiger charge is -2.22. The number of nitrogens with zero attached hydrogens (tertiary/aromatic N) is 1. The second kappa shape index (κ2) is 8.55. The van der Waals surface area contributed by atoms with Crippen molar-refractivity contribution in [1.82, 2.24) is 10.2 Å². The number of hydrogen-bond donors (Lipinski definition) is 1. The van der Waals surface area contributed by atoms with E-state index in [-0.39, 0.29) is 0 Å². The Labute approximate surface area is 130 Å². The maximum absolute atomic E-state index is 3.69. The average molecular weight is 288 g/mol. The molecule has 0 aliphatic carbocycles. The molecule has 1 unspecified atom stereocenters. The van der Waals surface area contributed by atoms with E-state index in [2.05, 4.69) is 55.3 Å². The molecule has 0 fully saturated rings. The van der Waals surface area contributed by atoms with Crippen LogP contribution in [0.15, 0.2) is 24.3 Å². The highest BCUT2D eigenvalue weighted by atomic mass is 15.1. The predicted molar refractivity (Wildman–Crippen MR) is 91.8 cm³/mol. The van der Waals surface area contributed by atoms with Gasteiger partial charge in [0.15, 0.2) is 0 Å². The fourth-order valence-electron chi connectivity index (χ4n) is 3.09. The summed E-state index contributed by atoms with van der Waals surface area (Å²) in [6.07, 6.45) is 5.04. The second-order valence-electron chi connectivity index (χ2n) is 6.94. The second-order valence-corrected chi connectivity index (χ2v) is 6.94. The molecule has 0 saturated heterocycles. The largest absolute Gasteiger partial charge is 0.313 e. The molecule has 1 N–H and O–H groups in total. The highest BCUT2D eigenvalue weighted by molar-refractivity contribution is 5.28. The Hall–Kier alpha value is -0.860. The SMILES string of the molecule is CC(C)CCC(C)NCCN1CCc2ccccc2CC1. The average Bonchev–Trinajstić information content (AvgIpc) is 2.68. The first kappa shape index (κ1) is 16.5. The molecule has 1 aromatic rings. The van der Waals surface area contributed by atoms with Crippen LogP contribution < -0.4 is 5.32 Å². The summed E-state index contributed by atoms with van der Waals surface area (Å²) in [6.45, 7) is 11.7. The van der Waals surface area contributed by atoms with E-state index in [1.54, 1.807) is 11.1 Å². The van der Waals surface area contributed by atoms with Crippen molar-refractivity contribution in [2.75, 3.05) is 26.2 Å². The van der Waals surface area contributed by atoms with Crippen molar-refractivity contribution < 1.29 is 0 Å². The summed E-state index contributed by atoms with van der Waals surface area (Å²) in [6, 6.07) is 9.59. The molecular weight excluding hydrogens is 256 g/mol. The van der Waals surface area contributed by atoms with Gasteiger partial charge in [-0.15, -0.1) is 0 Å². The first-order valence-corrected chi connectivity index (χ1v) is 8.67. The molecule has 2 heteroatoms. The summed E-state index contributed by atoms with van der Waals surface area (Å²) in [5.74, 6) is 0.818. The van der Waals surface area contributed by atoms with Crippen molar-refractivity contribution in [3.8, 4) is 0 Å². The number of nitrogens with one attached hydrogen (secondary N) is 1. The van der Waals surface area contributed by atoms with Crippen molar-refractivity contribution in [1.29, 1.82) is 0 Å². The maximum Gasteiger partial charge on any atom is 0.0107 e. The Morgan fingerprint density at radius 1 is 1.00 bits per heavy atom. The molecule has 1 aromatic carbocycles. The van der Waals surface area contributed by atoms with E-state index in [9.17, 15) is 0 Å². The van der Waals surface area contributed by atoms with E-state index in [1.165, 1.54) is 45.3 Å². The number of rotatable bonds is 7. The molecule has 21 heavy (non-hydrogen) atoms. The molecule has 2 nitrogen and oxygen atoms in total. The monoisotopic (exact) mass is 288 g/mol. The molecule has 118 valence electrons. The fourth-order valence-corrected chi connectivity index (χ4v) is 3.09. The van der Waals surface area contributed by atoms with Gasteiger partial charge >= 0.3 is 0 Å². The van der Waals surface area contributed by atoms with Gasteiger partial charge in [0.2, 0.25) is 0 Å². The molecule has 1 heterocycles. The Kier molecular flexibility index (Phi) is 6.72. The molecule has 1 aliphatic rings. The topological polar surface area (TPSA) is 15.3 Å². The normalized spacial score (nSPS) is 17.5. The standard InChI is InChI=1S/C19H32N2/c1-16(2)8-9-17(3)20-12-15-21-13-10-18-6-4-5-7-19(18)11-14-21/h4-7,16-17,20H,8-15H2,1-3H3. The van der Waals surface area contributed by atoms with Crippen molar-refractivity contribution in [3.63, 3.8) is 0 Å². The van der Waals surface area contributed by atoms with Gasteiger partial charge in [-0.25, -0.2) is 0 Å². The number of fused-ring (bicyclic) bond motifs is 1.